The molecule has 1 aliphatic heterocycles. The first kappa shape index (κ1) is 11.6. The van der Waals surface area contributed by atoms with Gasteiger partial charge in [0.15, 0.2) is 0 Å². The first-order valence-corrected chi connectivity index (χ1v) is 6.03. The van der Waals surface area contributed by atoms with Gasteiger partial charge in [-0.15, -0.1) is 11.8 Å². The Morgan fingerprint density at radius 2 is 2.12 bits per heavy atom. The van der Waals surface area contributed by atoms with Crippen molar-refractivity contribution in [2.75, 3.05) is 17.6 Å². The number of anilines is 1. The van der Waals surface area contributed by atoms with Crippen molar-refractivity contribution in [1.82, 2.24) is 0 Å². The van der Waals surface area contributed by atoms with Crippen LogP contribution in [0.5, 0.6) is 0 Å². The molecule has 1 heterocycles. The number of hydrogen-bond donors (Lipinski definition) is 1. The molecular formula is C11H12F3NS. The molecule has 0 fully saturated rings. The quantitative estimate of drug-likeness (QED) is 0.747. The lowest BCUT2D eigenvalue weighted by atomic mass is 10.1. The maximum atomic E-state index is 12.5. The summed E-state index contributed by atoms with van der Waals surface area (Å²) in [5.74, 6) is 1.40. The third-order valence-electron chi connectivity index (χ3n) is 2.47. The van der Waals surface area contributed by atoms with Gasteiger partial charge in [-0.2, -0.15) is 13.2 Å². The first-order valence-electron chi connectivity index (χ1n) is 5.05. The lowest BCUT2D eigenvalue weighted by molar-refractivity contribution is -0.137. The van der Waals surface area contributed by atoms with E-state index in [-0.39, 0.29) is 0 Å². The number of alkyl halides is 3. The Morgan fingerprint density at radius 3 is 2.81 bits per heavy atom. The third kappa shape index (κ3) is 2.45. The molecule has 0 bridgehead atoms. The fraction of sp³-hybridized carbons (Fsp3) is 0.455. The van der Waals surface area contributed by atoms with Crippen LogP contribution in [0.2, 0.25) is 0 Å². The van der Waals surface area contributed by atoms with Gasteiger partial charge in [-0.3, -0.25) is 0 Å². The van der Waals surface area contributed by atoms with E-state index in [0.717, 1.165) is 23.3 Å². The van der Waals surface area contributed by atoms with Crippen molar-refractivity contribution >= 4 is 17.4 Å². The normalized spacial score (nSPS) is 20.9. The maximum absolute atomic E-state index is 12.5. The van der Waals surface area contributed by atoms with E-state index in [1.807, 2.05) is 0 Å². The van der Waals surface area contributed by atoms with Crippen LogP contribution in [0.3, 0.4) is 0 Å². The Kier molecular flexibility index (Phi) is 3.06. The third-order valence-corrected chi connectivity index (χ3v) is 3.87. The molecule has 5 heteroatoms. The average Bonchev–Trinajstić information content (AvgIpc) is 2.39. The Balaban J connectivity index is 2.32. The van der Waals surface area contributed by atoms with Crippen molar-refractivity contribution in [3.63, 3.8) is 0 Å². The van der Waals surface area contributed by atoms with E-state index in [4.69, 9.17) is 0 Å². The first-order chi connectivity index (χ1) is 7.47. The largest absolute Gasteiger partial charge is 0.416 e. The number of thioether (sulfide) groups is 1. The summed E-state index contributed by atoms with van der Waals surface area (Å²) >= 11 is 1.61. The van der Waals surface area contributed by atoms with E-state index >= 15 is 0 Å². The Labute approximate surface area is 96.4 Å². The predicted octanol–water partition coefficient (Wildman–Crippen LogP) is 3.86. The number of nitrogens with one attached hydrogen (secondary N) is 1. The van der Waals surface area contributed by atoms with Crippen LogP contribution in [0, 0.1) is 5.92 Å². The zero-order valence-electron chi connectivity index (χ0n) is 8.77. The highest BCUT2D eigenvalue weighted by molar-refractivity contribution is 7.99. The smallest absolute Gasteiger partial charge is 0.384 e. The molecule has 1 aromatic rings. The van der Waals surface area contributed by atoms with Gasteiger partial charge >= 0.3 is 6.18 Å². The van der Waals surface area contributed by atoms with Gasteiger partial charge in [-0.05, 0) is 24.1 Å². The molecule has 88 valence electrons. The molecule has 2 rings (SSSR count). The zero-order chi connectivity index (χ0) is 11.8. The molecule has 0 spiro atoms. The summed E-state index contributed by atoms with van der Waals surface area (Å²) in [4.78, 5) is 0.900. The van der Waals surface area contributed by atoms with Gasteiger partial charge < -0.3 is 5.32 Å². The molecule has 1 aliphatic rings. The van der Waals surface area contributed by atoms with Crippen LogP contribution in [-0.2, 0) is 6.18 Å². The summed E-state index contributed by atoms with van der Waals surface area (Å²) in [6, 6.07) is 3.89. The molecule has 0 aromatic heterocycles. The average molecular weight is 247 g/mol. The fourth-order valence-corrected chi connectivity index (χ4v) is 2.58. The monoisotopic (exact) mass is 247 g/mol. The second-order valence-corrected chi connectivity index (χ2v) is 5.07. The highest BCUT2D eigenvalue weighted by Gasteiger charge is 2.31. The minimum atomic E-state index is -4.26. The van der Waals surface area contributed by atoms with Gasteiger partial charge in [0.05, 0.1) is 5.56 Å². The zero-order valence-corrected chi connectivity index (χ0v) is 9.58. The highest BCUT2D eigenvalue weighted by atomic mass is 32.2. The second-order valence-electron chi connectivity index (χ2n) is 4.01. The van der Waals surface area contributed by atoms with E-state index in [1.54, 1.807) is 17.8 Å². The standard InChI is InChI=1S/C11H12F3NS/c1-7-5-15-9-4-8(11(12,13)14)2-3-10(9)16-6-7/h2-4,7,15H,5-6H2,1H3. The van der Waals surface area contributed by atoms with Crippen LogP contribution in [0.1, 0.15) is 12.5 Å². The summed E-state index contributed by atoms with van der Waals surface area (Å²) in [6.07, 6.45) is -4.26. The van der Waals surface area contributed by atoms with Gasteiger partial charge in [-0.1, -0.05) is 6.92 Å². The van der Waals surface area contributed by atoms with Crippen molar-refractivity contribution in [2.24, 2.45) is 5.92 Å². The lowest BCUT2D eigenvalue weighted by Gasteiger charge is -2.11. The molecule has 0 saturated heterocycles. The van der Waals surface area contributed by atoms with Crippen molar-refractivity contribution < 1.29 is 13.2 Å². The topological polar surface area (TPSA) is 12.0 Å². The number of hydrogen-bond acceptors (Lipinski definition) is 2. The molecule has 1 unspecified atom stereocenters. The molecule has 1 aromatic carbocycles. The van der Waals surface area contributed by atoms with Crippen LogP contribution >= 0.6 is 11.8 Å². The van der Waals surface area contributed by atoms with E-state index < -0.39 is 11.7 Å². The highest BCUT2D eigenvalue weighted by Crippen LogP contribution is 2.37. The van der Waals surface area contributed by atoms with Gasteiger partial charge in [-0.25, -0.2) is 0 Å². The number of benzene rings is 1. The van der Waals surface area contributed by atoms with Crippen molar-refractivity contribution in [1.29, 1.82) is 0 Å². The molecule has 1 atom stereocenters. The molecule has 0 saturated carbocycles. The van der Waals surface area contributed by atoms with E-state index in [0.29, 0.717) is 11.6 Å². The Morgan fingerprint density at radius 1 is 1.38 bits per heavy atom. The molecule has 0 aliphatic carbocycles. The molecular weight excluding hydrogens is 235 g/mol. The summed E-state index contributed by atoms with van der Waals surface area (Å²) in [7, 11) is 0. The Hall–Kier alpha value is -0.840. The van der Waals surface area contributed by atoms with Gasteiger partial charge in [0.25, 0.3) is 0 Å². The van der Waals surface area contributed by atoms with E-state index in [1.165, 1.54) is 6.07 Å². The summed E-state index contributed by atoms with van der Waals surface area (Å²) in [5, 5.41) is 3.07. The van der Waals surface area contributed by atoms with Crippen molar-refractivity contribution in [3.8, 4) is 0 Å². The van der Waals surface area contributed by atoms with Gasteiger partial charge in [0, 0.05) is 22.9 Å². The number of rotatable bonds is 0. The summed E-state index contributed by atoms with van der Waals surface area (Å²) in [5.41, 5.74) is 0.0121. The van der Waals surface area contributed by atoms with Crippen LogP contribution in [0.15, 0.2) is 23.1 Å². The van der Waals surface area contributed by atoms with Crippen LogP contribution < -0.4 is 5.32 Å². The van der Waals surface area contributed by atoms with Crippen LogP contribution in [0.4, 0.5) is 18.9 Å². The molecule has 1 nitrogen and oxygen atoms in total. The van der Waals surface area contributed by atoms with Crippen molar-refractivity contribution in [2.45, 2.75) is 18.0 Å². The SMILES string of the molecule is CC1CNc2cc(C(F)(F)F)ccc2SC1. The molecule has 0 radical (unpaired) electrons. The van der Waals surface area contributed by atoms with Crippen LogP contribution in [-0.4, -0.2) is 12.3 Å². The summed E-state index contributed by atoms with van der Waals surface area (Å²) < 4.78 is 37.5. The second kappa shape index (κ2) is 4.20. The number of halogens is 3. The van der Waals surface area contributed by atoms with Gasteiger partial charge in [0.2, 0.25) is 0 Å². The van der Waals surface area contributed by atoms with Crippen LogP contribution in [0.25, 0.3) is 0 Å². The maximum Gasteiger partial charge on any atom is 0.416 e. The minimum absolute atomic E-state index is 0.465. The molecule has 0 amide bonds. The molecule has 1 N–H and O–H groups in total. The molecule has 16 heavy (non-hydrogen) atoms. The predicted molar refractivity (Wildman–Crippen MR) is 59.8 cm³/mol. The number of fused-ring (bicyclic) bond motifs is 1. The van der Waals surface area contributed by atoms with Gasteiger partial charge in [0.1, 0.15) is 0 Å². The van der Waals surface area contributed by atoms with E-state index in [9.17, 15) is 13.2 Å². The minimum Gasteiger partial charge on any atom is -0.384 e. The van der Waals surface area contributed by atoms with Crippen molar-refractivity contribution in [3.05, 3.63) is 23.8 Å². The lowest BCUT2D eigenvalue weighted by Crippen LogP contribution is -2.11. The van der Waals surface area contributed by atoms with E-state index in [2.05, 4.69) is 12.2 Å². The Bertz CT molecular complexity index is 389. The summed E-state index contributed by atoms with van der Waals surface area (Å²) in [6.45, 7) is 2.80. The fourth-order valence-electron chi connectivity index (χ4n) is 1.55.